The van der Waals surface area contributed by atoms with Crippen molar-refractivity contribution in [3.05, 3.63) is 173 Å². The van der Waals surface area contributed by atoms with Crippen molar-refractivity contribution in [2.45, 2.75) is 64.4 Å². The Kier molecular flexibility index (Phi) is 18.3. The first-order chi connectivity index (χ1) is 34.0. The van der Waals surface area contributed by atoms with Gasteiger partial charge in [0, 0.05) is 19.2 Å². The van der Waals surface area contributed by atoms with Gasteiger partial charge in [0.05, 0.1) is 37.8 Å². The summed E-state index contributed by atoms with van der Waals surface area (Å²) < 4.78 is 73.7. The summed E-state index contributed by atoms with van der Waals surface area (Å²) in [5.41, 5.74) is -2.13. The van der Waals surface area contributed by atoms with Crippen molar-refractivity contribution in [2.75, 3.05) is 39.5 Å². The molecular formula is C53H60BF3N4O10. The first-order valence-electron chi connectivity index (χ1n) is 23.4. The molecule has 18 heteroatoms. The Morgan fingerprint density at radius 3 is 1.49 bits per heavy atom. The van der Waals surface area contributed by atoms with Gasteiger partial charge in [-0.2, -0.15) is 0 Å². The fourth-order valence-electron chi connectivity index (χ4n) is 8.82. The van der Waals surface area contributed by atoms with Crippen LogP contribution < -0.4 is 26.9 Å². The van der Waals surface area contributed by atoms with E-state index in [2.05, 4.69) is 16.0 Å². The van der Waals surface area contributed by atoms with Crippen molar-refractivity contribution in [2.24, 2.45) is 17.3 Å². The summed E-state index contributed by atoms with van der Waals surface area (Å²) in [6, 6.07) is 35.9. The molecule has 3 atom stereocenters. The van der Waals surface area contributed by atoms with E-state index < -0.39 is 93.9 Å². The molecule has 2 unspecified atom stereocenters. The minimum atomic E-state index is -1.84. The number of amides is 4. The van der Waals surface area contributed by atoms with Gasteiger partial charge in [0.25, 0.3) is 11.8 Å². The van der Waals surface area contributed by atoms with Crippen LogP contribution in [0.15, 0.2) is 127 Å². The van der Waals surface area contributed by atoms with Crippen LogP contribution in [0.2, 0.25) is 0 Å². The highest BCUT2D eigenvalue weighted by Gasteiger charge is 2.67. The van der Waals surface area contributed by atoms with Gasteiger partial charge in [-0.15, -0.1) is 0 Å². The molecule has 0 bridgehead atoms. The highest BCUT2D eigenvalue weighted by Crippen LogP contribution is 2.58. The first kappa shape index (κ1) is 53.9. The Hall–Kier alpha value is -6.41. The first-order valence-corrected chi connectivity index (χ1v) is 23.4. The van der Waals surface area contributed by atoms with Crippen molar-refractivity contribution in [3.63, 3.8) is 0 Å². The van der Waals surface area contributed by atoms with Gasteiger partial charge in [-0.05, 0) is 40.0 Å². The quantitative estimate of drug-likeness (QED) is 0.0218. The molecule has 6 N–H and O–H groups in total. The van der Waals surface area contributed by atoms with Crippen molar-refractivity contribution >= 4 is 36.2 Å². The highest BCUT2D eigenvalue weighted by atomic mass is 19.1. The summed E-state index contributed by atoms with van der Waals surface area (Å²) in [7, 11) is -1.82. The number of aliphatic hydroxyl groups is 1. The molecule has 1 aliphatic heterocycles. The smallest absolute Gasteiger partial charge is 0.390 e. The lowest BCUT2D eigenvalue weighted by Gasteiger charge is -2.46. The van der Waals surface area contributed by atoms with E-state index in [0.717, 1.165) is 0 Å². The average Bonchev–Trinajstić information content (AvgIpc) is 3.72. The fourth-order valence-corrected chi connectivity index (χ4v) is 8.82. The zero-order valence-corrected chi connectivity index (χ0v) is 40.3. The van der Waals surface area contributed by atoms with Crippen LogP contribution in [0, 0.1) is 34.7 Å². The molecule has 0 saturated carbocycles. The lowest BCUT2D eigenvalue weighted by molar-refractivity contribution is -0.147. The maximum Gasteiger partial charge on any atom is 0.501 e. The number of halogens is 3. The van der Waals surface area contributed by atoms with Crippen molar-refractivity contribution in [3.8, 4) is 0 Å². The largest absolute Gasteiger partial charge is 0.501 e. The number of hydrogen-bond acceptors (Lipinski definition) is 10. The van der Waals surface area contributed by atoms with Gasteiger partial charge in [-0.25, -0.2) is 18.7 Å². The van der Waals surface area contributed by atoms with Crippen LogP contribution >= 0.6 is 0 Å². The Balaban J connectivity index is 1.09. The van der Waals surface area contributed by atoms with E-state index in [4.69, 9.17) is 24.0 Å². The summed E-state index contributed by atoms with van der Waals surface area (Å²) in [6.45, 7) is 8.72. The van der Waals surface area contributed by atoms with Gasteiger partial charge >= 0.3 is 7.12 Å². The third kappa shape index (κ3) is 12.0. The third-order valence-electron chi connectivity index (χ3n) is 12.1. The van der Waals surface area contributed by atoms with E-state index in [9.17, 15) is 24.3 Å². The van der Waals surface area contributed by atoms with Crippen molar-refractivity contribution in [1.82, 2.24) is 21.4 Å². The zero-order valence-electron chi connectivity index (χ0n) is 40.3. The summed E-state index contributed by atoms with van der Waals surface area (Å²) >= 11 is 0. The molecule has 1 aliphatic rings. The van der Waals surface area contributed by atoms with E-state index in [1.54, 1.807) is 34.6 Å². The molecule has 71 heavy (non-hydrogen) atoms. The normalized spacial score (nSPS) is 15.4. The molecule has 14 nitrogen and oxygen atoms in total. The van der Waals surface area contributed by atoms with Crippen LogP contribution in [0.25, 0.3) is 0 Å². The Morgan fingerprint density at radius 1 is 0.648 bits per heavy atom. The van der Waals surface area contributed by atoms with Gasteiger partial charge in [0.2, 0.25) is 11.8 Å². The highest BCUT2D eigenvalue weighted by molar-refractivity contribution is 6.62. The molecule has 0 aliphatic carbocycles. The molecule has 1 saturated heterocycles. The summed E-state index contributed by atoms with van der Waals surface area (Å²) in [6.07, 6.45) is -1.73. The second-order valence-corrected chi connectivity index (χ2v) is 18.6. The number of rotatable bonds is 22. The van der Waals surface area contributed by atoms with E-state index in [1.165, 1.54) is 5.48 Å². The molecule has 1 heterocycles. The molecule has 1 fully saturated rings. The van der Waals surface area contributed by atoms with Gasteiger partial charge in [0.1, 0.15) is 46.4 Å². The second kappa shape index (κ2) is 24.1. The van der Waals surface area contributed by atoms with Crippen LogP contribution in [0.1, 0.15) is 73.7 Å². The molecule has 0 spiro atoms. The number of benzene rings is 5. The Bertz CT molecular complexity index is 2410. The predicted octanol–water partition coefficient (Wildman–Crippen LogP) is 5.67. The summed E-state index contributed by atoms with van der Waals surface area (Å²) in [5.74, 6) is -9.17. The average molecular weight is 981 g/mol. The van der Waals surface area contributed by atoms with Crippen molar-refractivity contribution < 1.29 is 61.4 Å². The summed E-state index contributed by atoms with van der Waals surface area (Å²) in [5, 5.41) is 27.2. The van der Waals surface area contributed by atoms with Crippen LogP contribution in [-0.4, -0.2) is 92.7 Å². The number of carbonyl (C=O) groups is 4. The van der Waals surface area contributed by atoms with Crippen LogP contribution in [0.5, 0.6) is 0 Å². The van der Waals surface area contributed by atoms with Gasteiger partial charge < -0.3 is 39.8 Å². The molecule has 5 aromatic carbocycles. The minimum Gasteiger partial charge on any atom is -0.390 e. The summed E-state index contributed by atoms with van der Waals surface area (Å²) in [4.78, 5) is 51.9. The number of nitrogens with one attached hydrogen (secondary N) is 4. The maximum absolute atomic E-state index is 16.9. The van der Waals surface area contributed by atoms with Gasteiger partial charge in [-0.1, -0.05) is 156 Å². The SMILES string of the molecule is CC(C)C[C@@H](C(=O)NC(C(=O)NCCOCCOCCNC(=O)c1c(F)cc(F)c(B2OC(c3ccccc3)(c3ccccc3)C(c3ccccc3)(c3ccccc3)O2)c1F)C(C)(C)C)C(O)C(=O)NO. The van der Waals surface area contributed by atoms with Crippen LogP contribution in [0.3, 0.4) is 0 Å². The molecule has 5 aromatic rings. The lowest BCUT2D eigenvalue weighted by atomic mass is 9.66. The number of hydrogen-bond donors (Lipinski definition) is 6. The van der Waals surface area contributed by atoms with Crippen molar-refractivity contribution in [1.29, 1.82) is 0 Å². The maximum atomic E-state index is 16.9. The molecule has 376 valence electrons. The molecule has 4 amide bonds. The lowest BCUT2D eigenvalue weighted by Crippen LogP contribution is -2.57. The number of aliphatic hydroxyl groups excluding tert-OH is 1. The molecular weight excluding hydrogens is 920 g/mol. The standard InChI is InChI=1S/C53H60BF3N4O10/c1-34(2)32-39(45(62)49(65)61-67)47(63)60-46(51(3,4)5)50(66)59-27-29-69-31-30-68-28-26-58-48(64)42-40(55)33-41(56)43(44(42)57)54-70-52(35-18-10-6-11-19-35,36-20-12-7-13-21-36)53(71-54,37-22-14-8-15-23-37)38-24-16-9-17-25-38/h6-25,33-34,39,45-46,62,67H,26-32H2,1-5H3,(H,58,64)(H,59,66)(H,60,63)(H,61,65)/t39-,45?,46?/m1/s1. The Morgan fingerprint density at radius 2 is 1.08 bits per heavy atom. The second-order valence-electron chi connectivity index (χ2n) is 18.6. The number of carbonyl (C=O) groups excluding carboxylic acids is 4. The van der Waals surface area contributed by atoms with Gasteiger partial charge in [-0.3, -0.25) is 24.4 Å². The van der Waals surface area contributed by atoms with Gasteiger partial charge in [0.15, 0.2) is 0 Å². The number of hydroxylamine groups is 1. The molecule has 6 rings (SSSR count). The van der Waals surface area contributed by atoms with E-state index in [-0.39, 0.29) is 51.9 Å². The zero-order chi connectivity index (χ0) is 51.3. The molecule has 0 aromatic heterocycles. The number of ether oxygens (including phenoxy) is 2. The topological polar surface area (TPSA) is 194 Å². The van der Waals surface area contributed by atoms with Crippen LogP contribution in [-0.2, 0) is 44.4 Å². The molecule has 0 radical (unpaired) electrons. The monoisotopic (exact) mass is 980 g/mol. The fraction of sp³-hybridized carbons (Fsp3) is 0.358. The minimum absolute atomic E-state index is 0.0421. The van der Waals surface area contributed by atoms with E-state index >= 15 is 13.2 Å². The van der Waals surface area contributed by atoms with E-state index in [1.807, 2.05) is 121 Å². The van der Waals surface area contributed by atoms with Crippen LogP contribution in [0.4, 0.5) is 13.2 Å². The van der Waals surface area contributed by atoms with E-state index in [0.29, 0.717) is 28.3 Å². The predicted molar refractivity (Wildman–Crippen MR) is 258 cm³/mol. The Labute approximate surface area is 411 Å². The third-order valence-corrected chi connectivity index (χ3v) is 12.1.